The van der Waals surface area contributed by atoms with Crippen molar-refractivity contribution in [2.45, 2.75) is 0 Å². The van der Waals surface area contributed by atoms with Crippen molar-refractivity contribution in [2.75, 3.05) is 18.3 Å². The van der Waals surface area contributed by atoms with E-state index in [0.717, 1.165) is 0 Å². The van der Waals surface area contributed by atoms with Crippen molar-refractivity contribution in [3.05, 3.63) is 16.3 Å². The van der Waals surface area contributed by atoms with Gasteiger partial charge in [0.05, 0.1) is 12.8 Å². The number of anilines is 1. The van der Waals surface area contributed by atoms with Gasteiger partial charge in [-0.25, -0.2) is 4.79 Å². The minimum absolute atomic E-state index is 0.142. The Morgan fingerprint density at radius 3 is 2.93 bits per heavy atom. The zero-order chi connectivity index (χ0) is 10.6. The second-order valence-corrected chi connectivity index (χ2v) is 3.52. The van der Waals surface area contributed by atoms with Crippen molar-refractivity contribution >= 4 is 40.5 Å². The molecule has 1 aromatic heterocycles. The molecule has 0 atom stereocenters. The highest BCUT2D eigenvalue weighted by Crippen LogP contribution is 2.22. The predicted molar refractivity (Wildman–Crippen MR) is 55.0 cm³/mol. The number of alkyl halides is 1. The molecule has 1 aromatic rings. The molecule has 0 fully saturated rings. The van der Waals surface area contributed by atoms with Gasteiger partial charge in [-0.2, -0.15) is 0 Å². The van der Waals surface area contributed by atoms with Gasteiger partial charge in [0.2, 0.25) is 5.91 Å². The van der Waals surface area contributed by atoms with Gasteiger partial charge in [0.1, 0.15) is 10.8 Å². The molecule has 0 aliphatic heterocycles. The number of ether oxygens (including phenoxy) is 1. The second kappa shape index (κ2) is 4.97. The molecule has 0 saturated heterocycles. The van der Waals surface area contributed by atoms with Crippen molar-refractivity contribution < 1.29 is 14.3 Å². The van der Waals surface area contributed by atoms with Crippen LogP contribution in [0.3, 0.4) is 0 Å². The fraction of sp³-hybridized carbons (Fsp3) is 0.250. The zero-order valence-corrected chi connectivity index (χ0v) is 8.95. The van der Waals surface area contributed by atoms with E-state index in [1.165, 1.54) is 18.4 Å². The van der Waals surface area contributed by atoms with Gasteiger partial charge in [-0.05, 0) is 11.4 Å². The topological polar surface area (TPSA) is 55.4 Å². The molecule has 0 bridgehead atoms. The first kappa shape index (κ1) is 11.0. The van der Waals surface area contributed by atoms with Crippen LogP contribution in [0.2, 0.25) is 0 Å². The summed E-state index contributed by atoms with van der Waals surface area (Å²) in [4.78, 5) is 22.5. The van der Waals surface area contributed by atoms with Gasteiger partial charge in [0.25, 0.3) is 0 Å². The van der Waals surface area contributed by atoms with Gasteiger partial charge < -0.3 is 10.1 Å². The van der Waals surface area contributed by atoms with E-state index in [0.29, 0.717) is 10.6 Å². The molecule has 0 aliphatic carbocycles. The standard InChI is InChI=1S/C8H8ClNO3S/c1-13-8(12)7-5(2-3-14-7)10-6(11)4-9/h2-3H,4H2,1H3,(H,10,11). The molecule has 0 aromatic carbocycles. The first-order valence-electron chi connectivity index (χ1n) is 3.70. The Balaban J connectivity index is 2.82. The Labute approximate surface area is 89.8 Å². The van der Waals surface area contributed by atoms with Crippen LogP contribution in [-0.2, 0) is 9.53 Å². The second-order valence-electron chi connectivity index (χ2n) is 2.34. The van der Waals surface area contributed by atoms with Crippen LogP contribution in [0.25, 0.3) is 0 Å². The number of thiophene rings is 1. The fourth-order valence-corrected chi connectivity index (χ4v) is 1.67. The maximum absolute atomic E-state index is 11.2. The number of nitrogens with one attached hydrogen (secondary N) is 1. The molecule has 14 heavy (non-hydrogen) atoms. The van der Waals surface area contributed by atoms with E-state index < -0.39 is 5.97 Å². The van der Waals surface area contributed by atoms with Crippen LogP contribution in [0.15, 0.2) is 11.4 Å². The molecule has 1 heterocycles. The van der Waals surface area contributed by atoms with Crippen LogP contribution in [0.5, 0.6) is 0 Å². The van der Waals surface area contributed by atoms with Crippen LogP contribution in [0.1, 0.15) is 9.67 Å². The number of hydrogen-bond donors (Lipinski definition) is 1. The number of esters is 1. The highest BCUT2D eigenvalue weighted by atomic mass is 35.5. The van der Waals surface area contributed by atoms with Crippen LogP contribution in [0.4, 0.5) is 5.69 Å². The van der Waals surface area contributed by atoms with Gasteiger partial charge >= 0.3 is 5.97 Å². The lowest BCUT2D eigenvalue weighted by Crippen LogP contribution is -2.14. The van der Waals surface area contributed by atoms with Gasteiger partial charge in [0, 0.05) is 0 Å². The van der Waals surface area contributed by atoms with E-state index in [1.807, 2.05) is 0 Å². The number of carbonyl (C=O) groups excluding carboxylic acids is 2. The number of halogens is 1. The molecule has 4 nitrogen and oxygen atoms in total. The number of amides is 1. The summed E-state index contributed by atoms with van der Waals surface area (Å²) in [6, 6.07) is 1.63. The van der Waals surface area contributed by atoms with Gasteiger partial charge in [0.15, 0.2) is 0 Å². The molecule has 0 saturated carbocycles. The van der Waals surface area contributed by atoms with E-state index in [9.17, 15) is 9.59 Å². The van der Waals surface area contributed by atoms with E-state index in [2.05, 4.69) is 10.1 Å². The number of methoxy groups -OCH3 is 1. The van der Waals surface area contributed by atoms with Crippen molar-refractivity contribution in [3.8, 4) is 0 Å². The Hall–Kier alpha value is -1.07. The summed E-state index contributed by atoms with van der Waals surface area (Å²) < 4.78 is 4.54. The number of hydrogen-bond acceptors (Lipinski definition) is 4. The van der Waals surface area contributed by atoms with Crippen LogP contribution >= 0.6 is 22.9 Å². The molecular formula is C8H8ClNO3S. The maximum atomic E-state index is 11.2. The van der Waals surface area contributed by atoms with E-state index >= 15 is 0 Å². The fourth-order valence-electron chi connectivity index (χ4n) is 0.842. The molecule has 0 spiro atoms. The molecule has 1 N–H and O–H groups in total. The number of carbonyl (C=O) groups is 2. The molecule has 76 valence electrons. The minimum atomic E-state index is -0.468. The third-order valence-corrected chi connectivity index (χ3v) is 2.57. The number of rotatable bonds is 3. The quantitative estimate of drug-likeness (QED) is 0.639. The summed E-state index contributed by atoms with van der Waals surface area (Å²) in [6.45, 7) is 0. The molecule has 0 aliphatic rings. The first-order chi connectivity index (χ1) is 6.69. The average molecular weight is 234 g/mol. The van der Waals surface area contributed by atoms with Crippen molar-refractivity contribution in [3.63, 3.8) is 0 Å². The summed E-state index contributed by atoms with van der Waals surface area (Å²) in [5.41, 5.74) is 0.438. The highest BCUT2D eigenvalue weighted by Gasteiger charge is 2.14. The SMILES string of the molecule is COC(=O)c1sccc1NC(=O)CCl. The summed E-state index contributed by atoms with van der Waals surface area (Å²) in [5, 5.41) is 4.18. The molecular weight excluding hydrogens is 226 g/mol. The monoisotopic (exact) mass is 233 g/mol. The predicted octanol–water partition coefficient (Wildman–Crippen LogP) is 1.71. The summed E-state index contributed by atoms with van der Waals surface area (Å²) in [7, 11) is 1.29. The lowest BCUT2D eigenvalue weighted by atomic mass is 10.4. The van der Waals surface area contributed by atoms with Crippen LogP contribution < -0.4 is 5.32 Å². The smallest absolute Gasteiger partial charge is 0.350 e. The third-order valence-electron chi connectivity index (χ3n) is 1.43. The minimum Gasteiger partial charge on any atom is -0.465 e. The largest absolute Gasteiger partial charge is 0.465 e. The Bertz CT molecular complexity index is 350. The Morgan fingerprint density at radius 1 is 1.64 bits per heavy atom. The normalized spacial score (nSPS) is 9.57. The Kier molecular flexibility index (Phi) is 3.91. The first-order valence-corrected chi connectivity index (χ1v) is 5.12. The van der Waals surface area contributed by atoms with Crippen molar-refractivity contribution in [1.82, 2.24) is 0 Å². The van der Waals surface area contributed by atoms with Crippen LogP contribution in [-0.4, -0.2) is 24.9 Å². The van der Waals surface area contributed by atoms with Gasteiger partial charge in [-0.1, -0.05) is 0 Å². The Morgan fingerprint density at radius 2 is 2.36 bits per heavy atom. The van der Waals surface area contributed by atoms with E-state index in [4.69, 9.17) is 11.6 Å². The molecule has 1 rings (SSSR count). The average Bonchev–Trinajstić information content (AvgIpc) is 2.64. The highest BCUT2D eigenvalue weighted by molar-refractivity contribution is 7.12. The van der Waals surface area contributed by atoms with Gasteiger partial charge in [-0.3, -0.25) is 4.79 Å². The maximum Gasteiger partial charge on any atom is 0.350 e. The molecule has 6 heteroatoms. The molecule has 1 amide bonds. The van der Waals surface area contributed by atoms with Crippen LogP contribution in [0, 0.1) is 0 Å². The lowest BCUT2D eigenvalue weighted by Gasteiger charge is -2.02. The molecule has 0 radical (unpaired) electrons. The van der Waals surface area contributed by atoms with E-state index in [-0.39, 0.29) is 11.8 Å². The zero-order valence-electron chi connectivity index (χ0n) is 7.37. The van der Waals surface area contributed by atoms with Crippen molar-refractivity contribution in [2.24, 2.45) is 0 Å². The summed E-state index contributed by atoms with van der Waals surface area (Å²) >= 11 is 6.51. The summed E-state index contributed by atoms with van der Waals surface area (Å²) in [6.07, 6.45) is 0. The van der Waals surface area contributed by atoms with Gasteiger partial charge in [-0.15, -0.1) is 22.9 Å². The molecule has 0 unspecified atom stereocenters. The van der Waals surface area contributed by atoms with E-state index in [1.54, 1.807) is 11.4 Å². The lowest BCUT2D eigenvalue weighted by molar-refractivity contribution is -0.113. The summed E-state index contributed by atoms with van der Waals surface area (Å²) in [5.74, 6) is -0.962. The third kappa shape index (κ3) is 2.46. The van der Waals surface area contributed by atoms with Crippen molar-refractivity contribution in [1.29, 1.82) is 0 Å².